The summed E-state index contributed by atoms with van der Waals surface area (Å²) in [6, 6.07) is 14.6. The maximum absolute atomic E-state index is 12.8. The second-order valence-electron chi connectivity index (χ2n) is 8.52. The van der Waals surface area contributed by atoms with Crippen LogP contribution in [-0.4, -0.2) is 21.9 Å². The lowest BCUT2D eigenvalue weighted by Crippen LogP contribution is -2.36. The predicted molar refractivity (Wildman–Crippen MR) is 104 cm³/mol. The molecule has 3 nitrogen and oxygen atoms in total. The third-order valence-corrected chi connectivity index (χ3v) is 4.09. The molecule has 0 atom stereocenters. The van der Waals surface area contributed by atoms with Gasteiger partial charge in [-0.05, 0) is 29.0 Å². The highest BCUT2D eigenvalue weighted by Crippen LogP contribution is 2.21. The standard InChI is InChI=1S/C22H32N2O/c1-18(2)15-24(21(25)14-22(3,4)5)17-20-12-9-13-23(20)16-19-10-7-6-8-11-19/h6-13,18H,14-17H2,1-5H3. The van der Waals surface area contributed by atoms with Gasteiger partial charge in [-0.2, -0.15) is 0 Å². The largest absolute Gasteiger partial charge is 0.345 e. The van der Waals surface area contributed by atoms with E-state index in [1.54, 1.807) is 0 Å². The fraction of sp³-hybridized carbons (Fsp3) is 0.500. The summed E-state index contributed by atoms with van der Waals surface area (Å²) in [5.41, 5.74) is 2.47. The first-order chi connectivity index (χ1) is 11.7. The van der Waals surface area contributed by atoms with E-state index in [-0.39, 0.29) is 11.3 Å². The molecular weight excluding hydrogens is 308 g/mol. The van der Waals surface area contributed by atoms with Gasteiger partial charge in [0.05, 0.1) is 6.54 Å². The molecule has 1 heterocycles. The van der Waals surface area contributed by atoms with E-state index in [0.717, 1.165) is 13.1 Å². The Hall–Kier alpha value is -2.03. The topological polar surface area (TPSA) is 25.2 Å². The molecule has 0 aliphatic heterocycles. The molecule has 0 saturated carbocycles. The molecule has 1 amide bonds. The van der Waals surface area contributed by atoms with Crippen molar-refractivity contribution in [2.75, 3.05) is 6.54 Å². The van der Waals surface area contributed by atoms with Gasteiger partial charge in [0, 0.05) is 31.4 Å². The number of amides is 1. The number of benzene rings is 1. The summed E-state index contributed by atoms with van der Waals surface area (Å²) in [6.45, 7) is 13.0. The second kappa shape index (κ2) is 8.37. The Bertz CT molecular complexity index is 665. The molecule has 25 heavy (non-hydrogen) atoms. The van der Waals surface area contributed by atoms with Crippen LogP contribution in [0, 0.1) is 11.3 Å². The quantitative estimate of drug-likeness (QED) is 0.699. The van der Waals surface area contributed by atoms with E-state index in [1.165, 1.54) is 11.3 Å². The third kappa shape index (κ3) is 6.41. The summed E-state index contributed by atoms with van der Waals surface area (Å²) < 4.78 is 2.24. The van der Waals surface area contributed by atoms with Crippen molar-refractivity contribution in [3.05, 3.63) is 59.9 Å². The van der Waals surface area contributed by atoms with Crippen molar-refractivity contribution in [2.45, 2.75) is 54.1 Å². The summed E-state index contributed by atoms with van der Waals surface area (Å²) in [4.78, 5) is 14.8. The van der Waals surface area contributed by atoms with Crippen LogP contribution in [0.2, 0.25) is 0 Å². The molecule has 2 rings (SSSR count). The SMILES string of the molecule is CC(C)CN(Cc1cccn1Cc1ccccc1)C(=O)CC(C)(C)C. The minimum absolute atomic E-state index is 0.0122. The van der Waals surface area contributed by atoms with Crippen LogP contribution >= 0.6 is 0 Å². The van der Waals surface area contributed by atoms with E-state index >= 15 is 0 Å². The van der Waals surface area contributed by atoms with E-state index in [9.17, 15) is 4.79 Å². The molecule has 3 heteroatoms. The molecule has 0 radical (unpaired) electrons. The maximum Gasteiger partial charge on any atom is 0.223 e. The Labute approximate surface area is 152 Å². The van der Waals surface area contributed by atoms with Gasteiger partial charge in [0.1, 0.15) is 0 Å². The molecule has 0 spiro atoms. The van der Waals surface area contributed by atoms with Gasteiger partial charge >= 0.3 is 0 Å². The van der Waals surface area contributed by atoms with Crippen LogP contribution in [-0.2, 0) is 17.9 Å². The van der Waals surface area contributed by atoms with Crippen molar-refractivity contribution in [1.29, 1.82) is 0 Å². The maximum atomic E-state index is 12.8. The predicted octanol–water partition coefficient (Wildman–Crippen LogP) is 4.96. The van der Waals surface area contributed by atoms with Crippen molar-refractivity contribution in [3.63, 3.8) is 0 Å². The lowest BCUT2D eigenvalue weighted by molar-refractivity contribution is -0.134. The van der Waals surface area contributed by atoms with Gasteiger partial charge in [0.25, 0.3) is 0 Å². The van der Waals surface area contributed by atoms with E-state index in [0.29, 0.717) is 18.9 Å². The van der Waals surface area contributed by atoms with E-state index in [2.05, 4.69) is 81.8 Å². The smallest absolute Gasteiger partial charge is 0.223 e. The molecule has 136 valence electrons. The molecule has 0 unspecified atom stereocenters. The van der Waals surface area contributed by atoms with E-state index in [4.69, 9.17) is 0 Å². The summed E-state index contributed by atoms with van der Waals surface area (Å²) in [6.07, 6.45) is 2.68. The molecule has 0 saturated heterocycles. The number of nitrogens with zero attached hydrogens (tertiary/aromatic N) is 2. The number of carbonyl (C=O) groups is 1. The Balaban J connectivity index is 2.13. The van der Waals surface area contributed by atoms with Crippen LogP contribution in [0.4, 0.5) is 0 Å². The zero-order chi connectivity index (χ0) is 18.4. The number of aromatic nitrogens is 1. The third-order valence-electron chi connectivity index (χ3n) is 4.09. The lowest BCUT2D eigenvalue weighted by Gasteiger charge is -2.28. The monoisotopic (exact) mass is 340 g/mol. The lowest BCUT2D eigenvalue weighted by atomic mass is 9.91. The normalized spacial score (nSPS) is 11.8. The van der Waals surface area contributed by atoms with Crippen molar-refractivity contribution in [1.82, 2.24) is 9.47 Å². The van der Waals surface area contributed by atoms with E-state index in [1.807, 2.05) is 11.0 Å². The fourth-order valence-corrected chi connectivity index (χ4v) is 2.98. The number of carbonyl (C=O) groups excluding carboxylic acids is 1. The highest BCUT2D eigenvalue weighted by atomic mass is 16.2. The van der Waals surface area contributed by atoms with E-state index < -0.39 is 0 Å². The molecule has 1 aromatic heterocycles. The molecule has 0 fully saturated rings. The summed E-state index contributed by atoms with van der Waals surface area (Å²) in [5.74, 6) is 0.704. The number of hydrogen-bond donors (Lipinski definition) is 0. The van der Waals surface area contributed by atoms with Gasteiger partial charge in [0.2, 0.25) is 5.91 Å². The van der Waals surface area contributed by atoms with Crippen LogP contribution < -0.4 is 0 Å². The van der Waals surface area contributed by atoms with Crippen LogP contribution in [0.3, 0.4) is 0 Å². The summed E-state index contributed by atoms with van der Waals surface area (Å²) in [5, 5.41) is 0. The van der Waals surface area contributed by atoms with Crippen molar-refractivity contribution in [2.24, 2.45) is 11.3 Å². The zero-order valence-corrected chi connectivity index (χ0v) is 16.3. The molecule has 0 bridgehead atoms. The average Bonchev–Trinajstić information content (AvgIpc) is 2.92. The van der Waals surface area contributed by atoms with Crippen LogP contribution in [0.1, 0.15) is 52.3 Å². The van der Waals surface area contributed by atoms with Gasteiger partial charge in [-0.25, -0.2) is 0 Å². The Morgan fingerprint density at radius 3 is 2.36 bits per heavy atom. The van der Waals surface area contributed by atoms with Gasteiger partial charge < -0.3 is 9.47 Å². The van der Waals surface area contributed by atoms with Crippen LogP contribution in [0.15, 0.2) is 48.7 Å². The van der Waals surface area contributed by atoms with Gasteiger partial charge in [-0.1, -0.05) is 65.0 Å². The first kappa shape index (κ1) is 19.3. The number of hydrogen-bond acceptors (Lipinski definition) is 1. The molecule has 0 aliphatic carbocycles. The highest BCUT2D eigenvalue weighted by molar-refractivity contribution is 5.76. The first-order valence-electron chi connectivity index (χ1n) is 9.20. The van der Waals surface area contributed by atoms with Crippen LogP contribution in [0.5, 0.6) is 0 Å². The second-order valence-corrected chi connectivity index (χ2v) is 8.52. The molecule has 1 aromatic carbocycles. The average molecular weight is 341 g/mol. The van der Waals surface area contributed by atoms with Gasteiger partial charge in [-0.15, -0.1) is 0 Å². The highest BCUT2D eigenvalue weighted by Gasteiger charge is 2.22. The van der Waals surface area contributed by atoms with Crippen molar-refractivity contribution in [3.8, 4) is 0 Å². The Morgan fingerprint density at radius 2 is 1.76 bits per heavy atom. The van der Waals surface area contributed by atoms with Crippen LogP contribution in [0.25, 0.3) is 0 Å². The molecular formula is C22H32N2O. The Morgan fingerprint density at radius 1 is 1.08 bits per heavy atom. The van der Waals surface area contributed by atoms with Crippen molar-refractivity contribution >= 4 is 5.91 Å². The van der Waals surface area contributed by atoms with Gasteiger partial charge in [-0.3, -0.25) is 4.79 Å². The first-order valence-corrected chi connectivity index (χ1v) is 9.20. The zero-order valence-electron chi connectivity index (χ0n) is 16.3. The summed E-state index contributed by atoms with van der Waals surface area (Å²) in [7, 11) is 0. The fourth-order valence-electron chi connectivity index (χ4n) is 2.98. The minimum atomic E-state index is 0.0122. The number of rotatable bonds is 7. The van der Waals surface area contributed by atoms with Crippen molar-refractivity contribution < 1.29 is 4.79 Å². The van der Waals surface area contributed by atoms with Gasteiger partial charge in [0.15, 0.2) is 0 Å². The minimum Gasteiger partial charge on any atom is -0.345 e. The summed E-state index contributed by atoms with van der Waals surface area (Å²) >= 11 is 0. The Kier molecular flexibility index (Phi) is 6.46. The molecule has 0 aliphatic rings. The molecule has 0 N–H and O–H groups in total. The molecule has 2 aromatic rings.